The van der Waals surface area contributed by atoms with Crippen molar-refractivity contribution in [1.29, 1.82) is 0 Å². The third kappa shape index (κ3) is 2.07. The van der Waals surface area contributed by atoms with Crippen LogP contribution in [0.4, 0.5) is 0 Å². The van der Waals surface area contributed by atoms with Crippen molar-refractivity contribution < 1.29 is 4.74 Å². The van der Waals surface area contributed by atoms with Gasteiger partial charge in [-0.2, -0.15) is 0 Å². The lowest BCUT2D eigenvalue weighted by atomic mass is 9.97. The van der Waals surface area contributed by atoms with Crippen molar-refractivity contribution in [1.82, 2.24) is 5.32 Å². The highest BCUT2D eigenvalue weighted by atomic mass is 35.5. The first-order valence-corrected chi connectivity index (χ1v) is 6.58. The van der Waals surface area contributed by atoms with E-state index in [0.717, 1.165) is 55.3 Å². The van der Waals surface area contributed by atoms with Gasteiger partial charge in [-0.15, -0.1) is 0 Å². The predicted octanol–water partition coefficient (Wildman–Crippen LogP) is 3.04. The highest BCUT2D eigenvalue weighted by molar-refractivity contribution is 6.32. The van der Waals surface area contributed by atoms with Crippen LogP contribution in [0.25, 0.3) is 5.57 Å². The molecule has 0 radical (unpaired) electrons. The molecule has 0 fully saturated rings. The van der Waals surface area contributed by atoms with E-state index in [1.807, 2.05) is 6.07 Å². The highest BCUT2D eigenvalue weighted by Gasteiger charge is 2.21. The molecule has 90 valence electrons. The quantitative estimate of drug-likeness (QED) is 0.826. The van der Waals surface area contributed by atoms with E-state index < -0.39 is 0 Å². The summed E-state index contributed by atoms with van der Waals surface area (Å²) in [7, 11) is 0. The summed E-state index contributed by atoms with van der Waals surface area (Å²) in [5, 5.41) is 4.19. The van der Waals surface area contributed by atoms with Crippen molar-refractivity contribution in [2.75, 3.05) is 19.7 Å². The van der Waals surface area contributed by atoms with Gasteiger partial charge >= 0.3 is 0 Å². The lowest BCUT2D eigenvalue weighted by molar-refractivity contribution is 0.356. The molecule has 2 aliphatic heterocycles. The minimum absolute atomic E-state index is 0.786. The molecule has 0 saturated carbocycles. The van der Waals surface area contributed by atoms with Gasteiger partial charge in [-0.1, -0.05) is 23.7 Å². The van der Waals surface area contributed by atoms with E-state index in [1.54, 1.807) is 0 Å². The summed E-state index contributed by atoms with van der Waals surface area (Å²) in [4.78, 5) is 0. The van der Waals surface area contributed by atoms with E-state index in [0.29, 0.717) is 0 Å². The van der Waals surface area contributed by atoms with Gasteiger partial charge in [-0.3, -0.25) is 0 Å². The van der Waals surface area contributed by atoms with E-state index in [9.17, 15) is 0 Å². The van der Waals surface area contributed by atoms with Crippen molar-refractivity contribution in [2.24, 2.45) is 0 Å². The van der Waals surface area contributed by atoms with Gasteiger partial charge in [-0.25, -0.2) is 0 Å². The summed E-state index contributed by atoms with van der Waals surface area (Å²) in [6, 6.07) is 4.09. The lowest BCUT2D eigenvalue weighted by Gasteiger charge is -2.12. The molecule has 1 aromatic rings. The third-order valence-corrected chi connectivity index (χ3v) is 3.73. The van der Waals surface area contributed by atoms with E-state index >= 15 is 0 Å². The molecule has 0 saturated heterocycles. The number of hydrogen-bond donors (Lipinski definition) is 1. The Morgan fingerprint density at radius 2 is 2.18 bits per heavy atom. The first-order chi connectivity index (χ1) is 8.36. The number of rotatable bonds is 1. The van der Waals surface area contributed by atoms with Gasteiger partial charge in [0.1, 0.15) is 5.75 Å². The molecule has 0 amide bonds. The number of benzene rings is 1. The molecular weight excluding hydrogens is 234 g/mol. The maximum absolute atomic E-state index is 6.35. The van der Waals surface area contributed by atoms with Crippen LogP contribution in [0.2, 0.25) is 5.02 Å². The third-order valence-electron chi connectivity index (χ3n) is 3.42. The molecule has 17 heavy (non-hydrogen) atoms. The highest BCUT2D eigenvalue weighted by Crippen LogP contribution is 2.40. The molecular formula is C14H16ClNO. The summed E-state index contributed by atoms with van der Waals surface area (Å²) >= 11 is 6.35. The maximum Gasteiger partial charge on any atom is 0.131 e. The Bertz CT molecular complexity index is 468. The summed E-state index contributed by atoms with van der Waals surface area (Å²) in [6.07, 6.45) is 5.49. The first kappa shape index (κ1) is 11.1. The molecule has 1 N–H and O–H groups in total. The maximum atomic E-state index is 6.35. The topological polar surface area (TPSA) is 21.3 Å². The molecule has 1 aromatic carbocycles. The molecule has 0 aliphatic carbocycles. The molecule has 2 heterocycles. The normalized spacial score (nSPS) is 19.2. The minimum atomic E-state index is 0.786. The van der Waals surface area contributed by atoms with E-state index in [4.69, 9.17) is 16.3 Å². The summed E-state index contributed by atoms with van der Waals surface area (Å²) in [6.45, 7) is 2.79. The van der Waals surface area contributed by atoms with Crippen LogP contribution < -0.4 is 10.1 Å². The second kappa shape index (κ2) is 4.71. The Kier molecular flexibility index (Phi) is 3.08. The zero-order valence-electron chi connectivity index (χ0n) is 9.76. The van der Waals surface area contributed by atoms with E-state index in [1.165, 1.54) is 11.1 Å². The van der Waals surface area contributed by atoms with Crippen LogP contribution in [-0.4, -0.2) is 19.7 Å². The second-order valence-electron chi connectivity index (χ2n) is 4.55. The van der Waals surface area contributed by atoms with Gasteiger partial charge < -0.3 is 10.1 Å². The van der Waals surface area contributed by atoms with Crippen LogP contribution in [-0.2, 0) is 6.42 Å². The van der Waals surface area contributed by atoms with Gasteiger partial charge in [-0.05, 0) is 36.6 Å². The molecule has 2 aliphatic rings. The smallest absolute Gasteiger partial charge is 0.131 e. The van der Waals surface area contributed by atoms with E-state index in [-0.39, 0.29) is 0 Å². The zero-order chi connectivity index (χ0) is 11.7. The SMILES string of the molecule is Clc1ccc2c(c1C1=CCNCCC1)OCC2. The average Bonchev–Trinajstić information content (AvgIpc) is 2.63. The Morgan fingerprint density at radius 1 is 1.24 bits per heavy atom. The van der Waals surface area contributed by atoms with Crippen molar-refractivity contribution in [3.05, 3.63) is 34.4 Å². The molecule has 2 nitrogen and oxygen atoms in total. The fourth-order valence-corrected chi connectivity index (χ4v) is 2.83. The average molecular weight is 250 g/mol. The molecule has 3 rings (SSSR count). The fraction of sp³-hybridized carbons (Fsp3) is 0.429. The fourth-order valence-electron chi connectivity index (χ4n) is 2.56. The van der Waals surface area contributed by atoms with Crippen LogP contribution in [0.5, 0.6) is 5.75 Å². The van der Waals surface area contributed by atoms with Crippen LogP contribution in [0.1, 0.15) is 24.0 Å². The van der Waals surface area contributed by atoms with Crippen LogP contribution in [0.3, 0.4) is 0 Å². The molecule has 0 atom stereocenters. The minimum Gasteiger partial charge on any atom is -0.492 e. The molecule has 0 spiro atoms. The second-order valence-corrected chi connectivity index (χ2v) is 4.95. The Balaban J connectivity index is 2.07. The standard InChI is InChI=1S/C14H16ClNO/c15-12-4-3-11-6-9-17-14(11)13(12)10-2-1-7-16-8-5-10/h3-5,16H,1-2,6-9H2. The zero-order valence-corrected chi connectivity index (χ0v) is 10.5. The number of halogens is 1. The van der Waals surface area contributed by atoms with Gasteiger partial charge in [0.25, 0.3) is 0 Å². The van der Waals surface area contributed by atoms with Crippen molar-refractivity contribution >= 4 is 17.2 Å². The summed E-state index contributed by atoms with van der Waals surface area (Å²) < 4.78 is 5.76. The largest absolute Gasteiger partial charge is 0.492 e. The van der Waals surface area contributed by atoms with Gasteiger partial charge in [0.05, 0.1) is 11.6 Å². The van der Waals surface area contributed by atoms with Crippen molar-refractivity contribution in [3.8, 4) is 5.75 Å². The van der Waals surface area contributed by atoms with Crippen molar-refractivity contribution in [2.45, 2.75) is 19.3 Å². The van der Waals surface area contributed by atoms with Crippen LogP contribution >= 0.6 is 11.6 Å². The number of ether oxygens (including phenoxy) is 1. The predicted molar refractivity (Wildman–Crippen MR) is 70.7 cm³/mol. The molecule has 0 unspecified atom stereocenters. The first-order valence-electron chi connectivity index (χ1n) is 6.20. The molecule has 0 aromatic heterocycles. The van der Waals surface area contributed by atoms with E-state index in [2.05, 4.69) is 17.5 Å². The summed E-state index contributed by atoms with van der Waals surface area (Å²) in [5.41, 5.74) is 3.76. The van der Waals surface area contributed by atoms with Crippen LogP contribution in [0.15, 0.2) is 18.2 Å². The van der Waals surface area contributed by atoms with Gasteiger partial charge in [0, 0.05) is 18.5 Å². The number of fused-ring (bicyclic) bond motifs is 1. The van der Waals surface area contributed by atoms with Crippen LogP contribution in [0, 0.1) is 0 Å². The van der Waals surface area contributed by atoms with Gasteiger partial charge in [0.15, 0.2) is 0 Å². The molecule has 0 bridgehead atoms. The number of allylic oxidation sites excluding steroid dienone is 1. The lowest BCUT2D eigenvalue weighted by Crippen LogP contribution is -2.12. The number of hydrogen-bond acceptors (Lipinski definition) is 2. The number of nitrogens with one attached hydrogen (secondary N) is 1. The Labute approximate surface area is 107 Å². The monoisotopic (exact) mass is 249 g/mol. The molecule has 3 heteroatoms. The van der Waals surface area contributed by atoms with Crippen molar-refractivity contribution in [3.63, 3.8) is 0 Å². The Morgan fingerprint density at radius 3 is 3.12 bits per heavy atom. The Hall–Kier alpha value is -0.990. The summed E-state index contributed by atoms with van der Waals surface area (Å²) in [5.74, 6) is 1.02. The van der Waals surface area contributed by atoms with Gasteiger partial charge in [0.2, 0.25) is 0 Å².